The summed E-state index contributed by atoms with van der Waals surface area (Å²) >= 11 is 6.32. The van der Waals surface area contributed by atoms with Crippen LogP contribution in [0.1, 0.15) is 34.6 Å². The number of halogens is 1. The van der Waals surface area contributed by atoms with Crippen LogP contribution in [0.2, 0.25) is 5.02 Å². The van der Waals surface area contributed by atoms with E-state index in [2.05, 4.69) is 27.7 Å². The van der Waals surface area contributed by atoms with E-state index in [0.29, 0.717) is 28.9 Å². The van der Waals surface area contributed by atoms with Gasteiger partial charge in [-0.1, -0.05) is 66.2 Å². The van der Waals surface area contributed by atoms with Crippen LogP contribution in [0.25, 0.3) is 5.69 Å². The SMILES string of the molecule is Cc1ccccc1OCc1nc(C(Cc2ccccc2)n2nnnc2C)n(-c2cccc(Cl)c2)n1. The third-order valence-corrected chi connectivity index (χ3v) is 5.94. The molecule has 8 nitrogen and oxygen atoms in total. The molecule has 3 aromatic carbocycles. The van der Waals surface area contributed by atoms with Crippen LogP contribution < -0.4 is 4.74 Å². The molecule has 2 heterocycles. The van der Waals surface area contributed by atoms with Gasteiger partial charge in [-0.15, -0.1) is 10.2 Å². The molecule has 0 fully saturated rings. The van der Waals surface area contributed by atoms with Crippen LogP contribution in [0.4, 0.5) is 0 Å². The van der Waals surface area contributed by atoms with Crippen molar-refractivity contribution in [2.24, 2.45) is 0 Å². The highest BCUT2D eigenvalue weighted by molar-refractivity contribution is 6.30. The topological polar surface area (TPSA) is 83.5 Å². The summed E-state index contributed by atoms with van der Waals surface area (Å²) in [5.74, 6) is 2.72. The van der Waals surface area contributed by atoms with Crippen LogP contribution in [0.5, 0.6) is 5.75 Å². The first-order chi connectivity index (χ1) is 17.1. The maximum Gasteiger partial charge on any atom is 0.188 e. The molecule has 5 rings (SSSR count). The second-order valence-corrected chi connectivity index (χ2v) is 8.64. The number of aryl methyl sites for hydroxylation is 2. The summed E-state index contributed by atoms with van der Waals surface area (Å²) in [6.07, 6.45) is 0.629. The average molecular weight is 486 g/mol. The largest absolute Gasteiger partial charge is 0.485 e. The van der Waals surface area contributed by atoms with E-state index in [4.69, 9.17) is 26.4 Å². The number of hydrogen-bond acceptors (Lipinski definition) is 6. The molecule has 0 aliphatic heterocycles. The second-order valence-electron chi connectivity index (χ2n) is 8.21. The summed E-state index contributed by atoms with van der Waals surface area (Å²) in [7, 11) is 0. The third-order valence-electron chi connectivity index (χ3n) is 5.70. The lowest BCUT2D eigenvalue weighted by Crippen LogP contribution is -2.21. The number of benzene rings is 3. The van der Waals surface area contributed by atoms with Gasteiger partial charge in [-0.05, 0) is 59.7 Å². The smallest absolute Gasteiger partial charge is 0.188 e. The van der Waals surface area contributed by atoms with E-state index in [1.165, 1.54) is 0 Å². The number of tetrazole rings is 1. The van der Waals surface area contributed by atoms with E-state index in [1.54, 1.807) is 9.36 Å². The Balaban J connectivity index is 1.58. The highest BCUT2D eigenvalue weighted by Crippen LogP contribution is 2.26. The van der Waals surface area contributed by atoms with E-state index < -0.39 is 0 Å². The van der Waals surface area contributed by atoms with Crippen molar-refractivity contribution in [2.75, 3.05) is 0 Å². The highest BCUT2D eigenvalue weighted by Gasteiger charge is 2.26. The fraction of sp³-hybridized carbons (Fsp3) is 0.192. The summed E-state index contributed by atoms with van der Waals surface area (Å²) in [5.41, 5.74) is 2.98. The molecule has 0 N–H and O–H groups in total. The van der Waals surface area contributed by atoms with Gasteiger partial charge in [0.05, 0.1) is 5.69 Å². The number of para-hydroxylation sites is 1. The van der Waals surface area contributed by atoms with Crippen LogP contribution in [0.15, 0.2) is 78.9 Å². The second kappa shape index (κ2) is 10.1. The van der Waals surface area contributed by atoms with Gasteiger partial charge in [-0.2, -0.15) is 0 Å². The first kappa shape index (κ1) is 22.7. The third kappa shape index (κ3) is 5.07. The maximum absolute atomic E-state index is 6.32. The molecule has 0 spiro atoms. The average Bonchev–Trinajstić information content (AvgIpc) is 3.49. The van der Waals surface area contributed by atoms with Crippen molar-refractivity contribution < 1.29 is 4.74 Å². The fourth-order valence-electron chi connectivity index (χ4n) is 3.95. The molecular formula is C26H24ClN7O. The van der Waals surface area contributed by atoms with Gasteiger partial charge >= 0.3 is 0 Å². The Morgan fingerprint density at radius 3 is 2.49 bits per heavy atom. The summed E-state index contributed by atoms with van der Waals surface area (Å²) in [5, 5.41) is 17.7. The van der Waals surface area contributed by atoms with Gasteiger partial charge in [0, 0.05) is 11.4 Å². The van der Waals surface area contributed by atoms with Crippen LogP contribution in [0.3, 0.4) is 0 Å². The molecule has 0 saturated heterocycles. The fourth-order valence-corrected chi connectivity index (χ4v) is 4.14. The normalized spacial score (nSPS) is 12.0. The summed E-state index contributed by atoms with van der Waals surface area (Å²) in [6.45, 7) is 4.10. The predicted octanol–water partition coefficient (Wildman–Crippen LogP) is 4.94. The maximum atomic E-state index is 6.32. The Bertz CT molecular complexity index is 1430. The molecule has 2 aromatic heterocycles. The van der Waals surface area contributed by atoms with Crippen molar-refractivity contribution >= 4 is 11.6 Å². The minimum Gasteiger partial charge on any atom is -0.485 e. The molecule has 1 unspecified atom stereocenters. The Kier molecular flexibility index (Phi) is 6.54. The zero-order valence-electron chi connectivity index (χ0n) is 19.4. The van der Waals surface area contributed by atoms with Crippen molar-refractivity contribution in [1.82, 2.24) is 35.0 Å². The molecule has 0 bridgehead atoms. The Morgan fingerprint density at radius 1 is 0.943 bits per heavy atom. The molecule has 0 saturated carbocycles. The Hall–Kier alpha value is -4.04. The van der Waals surface area contributed by atoms with E-state index in [1.807, 2.05) is 80.6 Å². The van der Waals surface area contributed by atoms with Gasteiger partial charge in [0.25, 0.3) is 0 Å². The molecule has 0 aliphatic rings. The number of hydrogen-bond donors (Lipinski definition) is 0. The molecule has 5 aromatic rings. The lowest BCUT2D eigenvalue weighted by Gasteiger charge is -2.18. The van der Waals surface area contributed by atoms with Crippen LogP contribution in [0, 0.1) is 13.8 Å². The lowest BCUT2D eigenvalue weighted by atomic mass is 10.1. The van der Waals surface area contributed by atoms with Gasteiger partial charge < -0.3 is 4.74 Å². The van der Waals surface area contributed by atoms with Crippen molar-refractivity contribution in [3.05, 3.63) is 112 Å². The van der Waals surface area contributed by atoms with Crippen LogP contribution in [-0.4, -0.2) is 35.0 Å². The molecule has 0 aliphatic carbocycles. The van der Waals surface area contributed by atoms with E-state index >= 15 is 0 Å². The van der Waals surface area contributed by atoms with E-state index in [9.17, 15) is 0 Å². The van der Waals surface area contributed by atoms with Crippen molar-refractivity contribution in [2.45, 2.75) is 32.9 Å². The predicted molar refractivity (Wildman–Crippen MR) is 133 cm³/mol. The van der Waals surface area contributed by atoms with Gasteiger partial charge in [-0.3, -0.25) is 0 Å². The minimum absolute atomic E-state index is 0.220. The molecule has 176 valence electrons. The zero-order chi connectivity index (χ0) is 24.2. The monoisotopic (exact) mass is 485 g/mol. The summed E-state index contributed by atoms with van der Waals surface area (Å²) < 4.78 is 9.64. The Morgan fingerprint density at radius 2 is 1.74 bits per heavy atom. The number of nitrogens with zero attached hydrogens (tertiary/aromatic N) is 7. The standard InChI is InChI=1S/C26H24ClN7O/c1-18-9-6-7-14-24(18)35-17-25-28-26(34(30-25)22-13-8-12-21(27)16-22)23(33-19(2)29-31-32-33)15-20-10-4-3-5-11-20/h3-14,16,23H,15,17H2,1-2H3. The molecule has 0 radical (unpaired) electrons. The molecular weight excluding hydrogens is 462 g/mol. The van der Waals surface area contributed by atoms with Crippen molar-refractivity contribution in [3.63, 3.8) is 0 Å². The van der Waals surface area contributed by atoms with E-state index in [0.717, 1.165) is 22.6 Å². The van der Waals surface area contributed by atoms with Crippen molar-refractivity contribution in [3.8, 4) is 11.4 Å². The number of rotatable bonds is 8. The van der Waals surface area contributed by atoms with Gasteiger partial charge in [0.15, 0.2) is 11.6 Å². The molecule has 35 heavy (non-hydrogen) atoms. The van der Waals surface area contributed by atoms with Gasteiger partial charge in [0.1, 0.15) is 24.2 Å². The molecule has 1 atom stereocenters. The van der Waals surface area contributed by atoms with Crippen LogP contribution in [-0.2, 0) is 13.0 Å². The molecule has 9 heteroatoms. The lowest BCUT2D eigenvalue weighted by molar-refractivity contribution is 0.293. The summed E-state index contributed by atoms with van der Waals surface area (Å²) in [4.78, 5) is 4.92. The highest BCUT2D eigenvalue weighted by atomic mass is 35.5. The van der Waals surface area contributed by atoms with Crippen LogP contribution >= 0.6 is 11.6 Å². The Labute approximate surface area is 208 Å². The minimum atomic E-state index is -0.300. The molecule has 0 amide bonds. The number of aromatic nitrogens is 7. The quantitative estimate of drug-likeness (QED) is 0.309. The van der Waals surface area contributed by atoms with Gasteiger partial charge in [-0.25, -0.2) is 14.3 Å². The zero-order valence-corrected chi connectivity index (χ0v) is 20.2. The first-order valence-corrected chi connectivity index (χ1v) is 11.6. The van der Waals surface area contributed by atoms with Gasteiger partial charge in [0.2, 0.25) is 0 Å². The number of ether oxygens (including phenoxy) is 1. The van der Waals surface area contributed by atoms with E-state index in [-0.39, 0.29) is 12.6 Å². The first-order valence-electron chi connectivity index (χ1n) is 11.3. The van der Waals surface area contributed by atoms with Crippen molar-refractivity contribution in [1.29, 1.82) is 0 Å². The summed E-state index contributed by atoms with van der Waals surface area (Å²) in [6, 6.07) is 25.3.